The summed E-state index contributed by atoms with van der Waals surface area (Å²) in [4.78, 5) is 17.3. The molecule has 104 valence electrons. The van der Waals surface area contributed by atoms with Gasteiger partial charge in [-0.15, -0.1) is 0 Å². The van der Waals surface area contributed by atoms with Crippen molar-refractivity contribution in [2.24, 2.45) is 0 Å². The summed E-state index contributed by atoms with van der Waals surface area (Å²) in [6, 6.07) is 10.0. The molecule has 0 aliphatic carbocycles. The molecule has 20 heavy (non-hydrogen) atoms. The molecule has 0 atom stereocenters. The van der Waals surface area contributed by atoms with Crippen LogP contribution >= 0.6 is 0 Å². The van der Waals surface area contributed by atoms with Crippen molar-refractivity contribution in [3.8, 4) is 0 Å². The number of hydrogen-bond acceptors (Lipinski definition) is 3. The van der Waals surface area contributed by atoms with E-state index in [1.807, 2.05) is 25.8 Å². The van der Waals surface area contributed by atoms with Crippen LogP contribution in [0.3, 0.4) is 0 Å². The molecular formula is C16H18N2O2. The van der Waals surface area contributed by atoms with Crippen LogP contribution in [0.15, 0.2) is 36.5 Å². The number of pyridine rings is 1. The summed E-state index contributed by atoms with van der Waals surface area (Å²) in [5, 5.41) is 9.24. The second-order valence-electron chi connectivity index (χ2n) is 4.99. The number of anilines is 1. The predicted octanol–water partition coefficient (Wildman–Crippen LogP) is 3.03. The molecule has 0 radical (unpaired) electrons. The van der Waals surface area contributed by atoms with Crippen LogP contribution < -0.4 is 4.90 Å². The van der Waals surface area contributed by atoms with Crippen molar-refractivity contribution in [2.75, 3.05) is 11.9 Å². The molecule has 1 aromatic carbocycles. The van der Waals surface area contributed by atoms with Crippen molar-refractivity contribution in [1.82, 2.24) is 4.98 Å². The molecule has 0 spiro atoms. The van der Waals surface area contributed by atoms with Gasteiger partial charge in [0.25, 0.3) is 0 Å². The van der Waals surface area contributed by atoms with E-state index in [0.29, 0.717) is 12.2 Å². The fraction of sp³-hybridized carbons (Fsp3) is 0.250. The standard InChI is InChI=1S/C16H18N2O2/c1-11-4-6-13(7-5-11)10-18(3)15-8-12(2)17-9-14(15)16(19)20/h4-9H,10H2,1-3H3,(H,19,20). The van der Waals surface area contributed by atoms with Gasteiger partial charge in [-0.1, -0.05) is 29.8 Å². The van der Waals surface area contributed by atoms with Crippen LogP contribution in [0.4, 0.5) is 5.69 Å². The van der Waals surface area contributed by atoms with Gasteiger partial charge in [0.1, 0.15) is 5.56 Å². The maximum absolute atomic E-state index is 11.3. The molecular weight excluding hydrogens is 252 g/mol. The Morgan fingerprint density at radius 2 is 1.90 bits per heavy atom. The monoisotopic (exact) mass is 270 g/mol. The second-order valence-corrected chi connectivity index (χ2v) is 4.99. The van der Waals surface area contributed by atoms with Crippen LogP contribution in [0.1, 0.15) is 27.2 Å². The number of nitrogens with zero attached hydrogens (tertiary/aromatic N) is 2. The van der Waals surface area contributed by atoms with Crippen molar-refractivity contribution in [1.29, 1.82) is 0 Å². The minimum Gasteiger partial charge on any atom is -0.478 e. The van der Waals surface area contributed by atoms with Crippen molar-refractivity contribution < 1.29 is 9.90 Å². The van der Waals surface area contributed by atoms with E-state index in [1.54, 1.807) is 6.07 Å². The first-order valence-electron chi connectivity index (χ1n) is 6.44. The topological polar surface area (TPSA) is 53.4 Å². The Labute approximate surface area is 118 Å². The lowest BCUT2D eigenvalue weighted by Gasteiger charge is -2.21. The van der Waals surface area contributed by atoms with E-state index < -0.39 is 5.97 Å². The van der Waals surface area contributed by atoms with Crippen LogP contribution in [0.25, 0.3) is 0 Å². The Kier molecular flexibility index (Phi) is 4.03. The first kappa shape index (κ1) is 14.1. The van der Waals surface area contributed by atoms with E-state index in [-0.39, 0.29) is 5.56 Å². The van der Waals surface area contributed by atoms with Crippen LogP contribution in [0.5, 0.6) is 0 Å². The fourth-order valence-corrected chi connectivity index (χ4v) is 2.08. The van der Waals surface area contributed by atoms with Crippen LogP contribution in [-0.2, 0) is 6.54 Å². The third-order valence-electron chi connectivity index (χ3n) is 3.20. The zero-order valence-electron chi connectivity index (χ0n) is 11.9. The van der Waals surface area contributed by atoms with Crippen molar-refractivity contribution in [3.05, 3.63) is 58.9 Å². The maximum atomic E-state index is 11.3. The zero-order chi connectivity index (χ0) is 14.7. The lowest BCUT2D eigenvalue weighted by molar-refractivity contribution is 0.0697. The summed E-state index contributed by atoms with van der Waals surface area (Å²) in [7, 11) is 1.89. The van der Waals surface area contributed by atoms with Gasteiger partial charge < -0.3 is 10.0 Å². The van der Waals surface area contributed by atoms with Crippen LogP contribution in [0.2, 0.25) is 0 Å². The number of aryl methyl sites for hydroxylation is 2. The van der Waals surface area contributed by atoms with E-state index in [4.69, 9.17) is 0 Å². The number of rotatable bonds is 4. The van der Waals surface area contributed by atoms with Gasteiger partial charge >= 0.3 is 5.97 Å². The van der Waals surface area contributed by atoms with Gasteiger partial charge in [-0.3, -0.25) is 4.98 Å². The normalized spacial score (nSPS) is 10.3. The maximum Gasteiger partial charge on any atom is 0.339 e. The van der Waals surface area contributed by atoms with Crippen molar-refractivity contribution in [3.63, 3.8) is 0 Å². The Morgan fingerprint density at radius 1 is 1.25 bits per heavy atom. The van der Waals surface area contributed by atoms with Crippen LogP contribution in [-0.4, -0.2) is 23.1 Å². The molecule has 4 heteroatoms. The number of aromatic nitrogens is 1. The third-order valence-corrected chi connectivity index (χ3v) is 3.20. The highest BCUT2D eigenvalue weighted by Crippen LogP contribution is 2.21. The second kappa shape index (κ2) is 5.74. The molecule has 0 fully saturated rings. The molecule has 0 saturated carbocycles. The molecule has 1 heterocycles. The Morgan fingerprint density at radius 3 is 2.50 bits per heavy atom. The number of aromatic carboxylic acids is 1. The first-order chi connectivity index (χ1) is 9.47. The Balaban J connectivity index is 2.28. The molecule has 2 aromatic rings. The SMILES string of the molecule is Cc1ccc(CN(C)c2cc(C)ncc2C(=O)O)cc1. The molecule has 0 aliphatic heterocycles. The highest BCUT2D eigenvalue weighted by Gasteiger charge is 2.14. The van der Waals surface area contributed by atoms with E-state index >= 15 is 0 Å². The summed E-state index contributed by atoms with van der Waals surface area (Å²) in [6.45, 7) is 4.56. The largest absolute Gasteiger partial charge is 0.478 e. The van der Waals surface area contributed by atoms with Crippen LogP contribution in [0, 0.1) is 13.8 Å². The smallest absolute Gasteiger partial charge is 0.339 e. The van der Waals surface area contributed by atoms with E-state index in [0.717, 1.165) is 11.3 Å². The van der Waals surface area contributed by atoms with Gasteiger partial charge in [0.2, 0.25) is 0 Å². The number of hydrogen-bond donors (Lipinski definition) is 1. The average Bonchev–Trinajstić information content (AvgIpc) is 2.41. The quantitative estimate of drug-likeness (QED) is 0.927. The molecule has 4 nitrogen and oxygen atoms in total. The summed E-state index contributed by atoms with van der Waals surface area (Å²) in [5.74, 6) is -0.955. The minimum absolute atomic E-state index is 0.227. The van der Waals surface area contributed by atoms with Gasteiger partial charge in [-0.05, 0) is 25.5 Å². The molecule has 0 unspecified atom stereocenters. The number of carboxylic acids is 1. The predicted molar refractivity (Wildman–Crippen MR) is 79.2 cm³/mol. The van der Waals surface area contributed by atoms with Crippen molar-refractivity contribution in [2.45, 2.75) is 20.4 Å². The summed E-state index contributed by atoms with van der Waals surface area (Å²) >= 11 is 0. The van der Waals surface area contributed by atoms with E-state index in [1.165, 1.54) is 11.8 Å². The average molecular weight is 270 g/mol. The Hall–Kier alpha value is -2.36. The van der Waals surface area contributed by atoms with Gasteiger partial charge in [0.05, 0.1) is 5.69 Å². The highest BCUT2D eigenvalue weighted by atomic mass is 16.4. The summed E-state index contributed by atoms with van der Waals surface area (Å²) < 4.78 is 0. The molecule has 0 aliphatic rings. The first-order valence-corrected chi connectivity index (χ1v) is 6.44. The fourth-order valence-electron chi connectivity index (χ4n) is 2.08. The summed E-state index contributed by atoms with van der Waals surface area (Å²) in [6.07, 6.45) is 1.42. The zero-order valence-corrected chi connectivity index (χ0v) is 11.9. The minimum atomic E-state index is -0.955. The van der Waals surface area contributed by atoms with Crippen molar-refractivity contribution >= 4 is 11.7 Å². The molecule has 0 saturated heterocycles. The molecule has 2 rings (SSSR count). The number of carbonyl (C=O) groups is 1. The molecule has 0 bridgehead atoms. The van der Waals surface area contributed by atoms with E-state index in [2.05, 4.69) is 29.2 Å². The van der Waals surface area contributed by atoms with Gasteiger partial charge in [0.15, 0.2) is 0 Å². The number of carboxylic acid groups (broad SMARTS) is 1. The lowest BCUT2D eigenvalue weighted by atomic mass is 10.1. The highest BCUT2D eigenvalue weighted by molar-refractivity contribution is 5.94. The van der Waals surface area contributed by atoms with Gasteiger partial charge in [-0.25, -0.2) is 4.79 Å². The molecule has 1 N–H and O–H groups in total. The molecule has 0 amide bonds. The summed E-state index contributed by atoms with van der Waals surface area (Å²) in [5.41, 5.74) is 4.07. The van der Waals surface area contributed by atoms with Gasteiger partial charge in [-0.2, -0.15) is 0 Å². The molecule has 1 aromatic heterocycles. The lowest BCUT2D eigenvalue weighted by Crippen LogP contribution is -2.20. The van der Waals surface area contributed by atoms with Gasteiger partial charge in [0, 0.05) is 25.5 Å². The number of benzene rings is 1. The Bertz CT molecular complexity index is 621. The van der Waals surface area contributed by atoms with E-state index in [9.17, 15) is 9.90 Å². The third kappa shape index (κ3) is 3.15.